The summed E-state index contributed by atoms with van der Waals surface area (Å²) in [5, 5.41) is 0. The maximum absolute atomic E-state index is 12.9. The van der Waals surface area contributed by atoms with Crippen LogP contribution in [0.15, 0.2) is 23.1 Å². The van der Waals surface area contributed by atoms with Gasteiger partial charge in [0.05, 0.1) is 7.11 Å². The first-order valence-corrected chi connectivity index (χ1v) is 9.85. The molecule has 1 aromatic carbocycles. The SMILES string of the molecule is COc1ccc(C(=O)N2CC3CCC(N)C3C2)cc1S(=O)(=O)N(C)C. The van der Waals surface area contributed by atoms with Crippen LogP contribution in [0, 0.1) is 11.8 Å². The molecule has 25 heavy (non-hydrogen) atoms. The van der Waals surface area contributed by atoms with Crippen molar-refractivity contribution < 1.29 is 17.9 Å². The van der Waals surface area contributed by atoms with Crippen LogP contribution >= 0.6 is 0 Å². The fourth-order valence-electron chi connectivity index (χ4n) is 3.86. The molecule has 0 spiro atoms. The van der Waals surface area contributed by atoms with Crippen molar-refractivity contribution in [3.05, 3.63) is 23.8 Å². The lowest BCUT2D eigenvalue weighted by Gasteiger charge is -2.20. The van der Waals surface area contributed by atoms with Crippen molar-refractivity contribution in [1.29, 1.82) is 0 Å². The number of carbonyl (C=O) groups excluding carboxylic acids is 1. The van der Waals surface area contributed by atoms with Crippen LogP contribution in [-0.4, -0.2) is 63.9 Å². The standard InChI is InChI=1S/C17H25N3O4S/c1-19(2)25(22,23)16-8-11(5-7-15(16)24-3)17(21)20-9-12-4-6-14(18)13(12)10-20/h5,7-8,12-14H,4,6,9-10,18H2,1-3H3. The van der Waals surface area contributed by atoms with Gasteiger partial charge in [-0.25, -0.2) is 12.7 Å². The molecular formula is C17H25N3O4S. The van der Waals surface area contributed by atoms with Gasteiger partial charge in [0.25, 0.3) is 5.91 Å². The van der Waals surface area contributed by atoms with Crippen molar-refractivity contribution in [2.45, 2.75) is 23.8 Å². The summed E-state index contributed by atoms with van der Waals surface area (Å²) < 4.78 is 31.3. The highest BCUT2D eigenvalue weighted by molar-refractivity contribution is 7.89. The van der Waals surface area contributed by atoms with Crippen LogP contribution < -0.4 is 10.5 Å². The number of amides is 1. The molecule has 1 aliphatic heterocycles. The van der Waals surface area contributed by atoms with Crippen LogP contribution in [0.5, 0.6) is 5.75 Å². The lowest BCUT2D eigenvalue weighted by Crippen LogP contribution is -2.33. The Hall–Kier alpha value is -1.64. The molecule has 1 amide bonds. The third-order valence-corrected chi connectivity index (χ3v) is 7.21. The lowest BCUT2D eigenvalue weighted by atomic mass is 9.98. The van der Waals surface area contributed by atoms with E-state index in [2.05, 4.69) is 0 Å². The van der Waals surface area contributed by atoms with E-state index in [1.54, 1.807) is 11.0 Å². The molecule has 3 atom stereocenters. The van der Waals surface area contributed by atoms with E-state index < -0.39 is 10.0 Å². The zero-order chi connectivity index (χ0) is 18.4. The smallest absolute Gasteiger partial charge is 0.253 e. The number of carbonyl (C=O) groups is 1. The quantitative estimate of drug-likeness (QED) is 0.848. The van der Waals surface area contributed by atoms with Gasteiger partial charge in [-0.1, -0.05) is 0 Å². The van der Waals surface area contributed by atoms with Crippen LogP contribution in [0.2, 0.25) is 0 Å². The number of hydrogen-bond donors (Lipinski definition) is 1. The number of nitrogens with zero attached hydrogens (tertiary/aromatic N) is 2. The number of ether oxygens (including phenoxy) is 1. The minimum absolute atomic E-state index is 0.00180. The Labute approximate surface area is 148 Å². The molecule has 1 aromatic rings. The highest BCUT2D eigenvalue weighted by Crippen LogP contribution is 2.38. The Morgan fingerprint density at radius 3 is 2.60 bits per heavy atom. The summed E-state index contributed by atoms with van der Waals surface area (Å²) in [5.74, 6) is 0.888. The van der Waals surface area contributed by atoms with Crippen LogP contribution in [-0.2, 0) is 10.0 Å². The van der Waals surface area contributed by atoms with Crippen LogP contribution in [0.4, 0.5) is 0 Å². The number of hydrogen-bond acceptors (Lipinski definition) is 5. The minimum Gasteiger partial charge on any atom is -0.495 e. The third kappa shape index (κ3) is 3.14. The zero-order valence-corrected chi connectivity index (χ0v) is 15.6. The highest BCUT2D eigenvalue weighted by atomic mass is 32.2. The second kappa shape index (κ2) is 6.59. The summed E-state index contributed by atoms with van der Waals surface area (Å²) in [6.45, 7) is 1.34. The largest absolute Gasteiger partial charge is 0.495 e. The van der Waals surface area contributed by atoms with Gasteiger partial charge in [-0.05, 0) is 42.9 Å². The Morgan fingerprint density at radius 1 is 1.28 bits per heavy atom. The monoisotopic (exact) mass is 367 g/mol. The molecule has 0 aromatic heterocycles. The fraction of sp³-hybridized carbons (Fsp3) is 0.588. The summed E-state index contributed by atoms with van der Waals surface area (Å²) in [6, 6.07) is 4.71. The maximum Gasteiger partial charge on any atom is 0.253 e. The van der Waals surface area contributed by atoms with Gasteiger partial charge in [0, 0.05) is 38.8 Å². The number of nitrogens with two attached hydrogens (primary N) is 1. The summed E-state index contributed by atoms with van der Waals surface area (Å²) in [4.78, 5) is 14.7. The van der Waals surface area contributed by atoms with Gasteiger partial charge in [0.2, 0.25) is 10.0 Å². The maximum atomic E-state index is 12.9. The van der Waals surface area contributed by atoms with E-state index in [0.29, 0.717) is 30.5 Å². The number of fused-ring (bicyclic) bond motifs is 1. The lowest BCUT2D eigenvalue weighted by molar-refractivity contribution is 0.0779. The predicted molar refractivity (Wildman–Crippen MR) is 94.0 cm³/mol. The third-order valence-electron chi connectivity index (χ3n) is 5.37. The van der Waals surface area contributed by atoms with Gasteiger partial charge < -0.3 is 15.4 Å². The van der Waals surface area contributed by atoms with Gasteiger partial charge in [0.15, 0.2) is 0 Å². The molecule has 3 rings (SSSR count). The van der Waals surface area contributed by atoms with E-state index in [0.717, 1.165) is 17.1 Å². The van der Waals surface area contributed by atoms with E-state index in [4.69, 9.17) is 10.5 Å². The highest BCUT2D eigenvalue weighted by Gasteiger charge is 2.42. The average molecular weight is 367 g/mol. The molecule has 1 heterocycles. The van der Waals surface area contributed by atoms with Crippen molar-refractivity contribution in [3.8, 4) is 5.75 Å². The number of methoxy groups -OCH3 is 1. The average Bonchev–Trinajstić information content (AvgIpc) is 3.15. The van der Waals surface area contributed by atoms with Gasteiger partial charge in [-0.3, -0.25) is 4.79 Å². The van der Waals surface area contributed by atoms with Gasteiger partial charge in [-0.15, -0.1) is 0 Å². The van der Waals surface area contributed by atoms with Gasteiger partial charge in [0.1, 0.15) is 10.6 Å². The molecule has 2 fully saturated rings. The van der Waals surface area contributed by atoms with E-state index >= 15 is 0 Å². The zero-order valence-electron chi connectivity index (χ0n) is 14.8. The molecule has 0 radical (unpaired) electrons. The minimum atomic E-state index is -3.71. The topological polar surface area (TPSA) is 92.9 Å². The number of likely N-dealkylation sites (tertiary alicyclic amines) is 1. The summed E-state index contributed by atoms with van der Waals surface area (Å²) in [7, 11) is 0.607. The van der Waals surface area contributed by atoms with Crippen molar-refractivity contribution in [2.75, 3.05) is 34.3 Å². The Bertz CT molecular complexity index is 778. The molecule has 1 saturated heterocycles. The molecule has 138 valence electrons. The van der Waals surface area contributed by atoms with Crippen molar-refractivity contribution in [3.63, 3.8) is 0 Å². The van der Waals surface area contributed by atoms with Crippen LogP contribution in [0.1, 0.15) is 23.2 Å². The second-order valence-electron chi connectivity index (χ2n) is 7.03. The van der Waals surface area contributed by atoms with E-state index in [1.165, 1.54) is 33.3 Å². The van der Waals surface area contributed by atoms with Crippen molar-refractivity contribution in [1.82, 2.24) is 9.21 Å². The summed E-state index contributed by atoms with van der Waals surface area (Å²) >= 11 is 0. The van der Waals surface area contributed by atoms with E-state index in [1.807, 2.05) is 0 Å². The predicted octanol–water partition coefficient (Wildman–Crippen LogP) is 0.755. The molecular weight excluding hydrogens is 342 g/mol. The Morgan fingerprint density at radius 2 is 2.00 bits per heavy atom. The second-order valence-corrected chi connectivity index (χ2v) is 9.15. The van der Waals surface area contributed by atoms with Gasteiger partial charge >= 0.3 is 0 Å². The number of rotatable bonds is 4. The van der Waals surface area contributed by atoms with Crippen molar-refractivity contribution >= 4 is 15.9 Å². The molecule has 1 aliphatic carbocycles. The normalized spacial score (nSPS) is 26.1. The first kappa shape index (κ1) is 18.2. The first-order chi connectivity index (χ1) is 11.8. The molecule has 2 aliphatic rings. The van der Waals surface area contributed by atoms with E-state index in [9.17, 15) is 13.2 Å². The van der Waals surface area contributed by atoms with Crippen LogP contribution in [0.3, 0.4) is 0 Å². The molecule has 7 nitrogen and oxygen atoms in total. The van der Waals surface area contributed by atoms with E-state index in [-0.39, 0.29) is 22.6 Å². The number of sulfonamides is 1. The molecule has 3 unspecified atom stereocenters. The Kier molecular flexibility index (Phi) is 4.78. The first-order valence-electron chi connectivity index (χ1n) is 8.41. The summed E-state index contributed by atoms with van der Waals surface area (Å²) in [5.41, 5.74) is 6.49. The Balaban J connectivity index is 1.89. The fourth-order valence-corrected chi connectivity index (χ4v) is 4.94. The molecule has 8 heteroatoms. The van der Waals surface area contributed by atoms with Gasteiger partial charge in [-0.2, -0.15) is 0 Å². The molecule has 2 N–H and O–H groups in total. The molecule has 1 saturated carbocycles. The van der Waals surface area contributed by atoms with Crippen molar-refractivity contribution in [2.24, 2.45) is 17.6 Å². The van der Waals surface area contributed by atoms with Crippen LogP contribution in [0.25, 0.3) is 0 Å². The summed E-state index contributed by atoms with van der Waals surface area (Å²) in [6.07, 6.45) is 2.07. The number of benzene rings is 1. The molecule has 0 bridgehead atoms.